The van der Waals surface area contributed by atoms with Crippen molar-refractivity contribution in [2.45, 2.75) is 51.8 Å². The monoisotopic (exact) mass is 385 g/mol. The molecule has 0 unspecified atom stereocenters. The van der Waals surface area contributed by atoms with E-state index >= 15 is 0 Å². The lowest BCUT2D eigenvalue weighted by Gasteiger charge is -2.20. The number of rotatable bonds is 8. The minimum Gasteiger partial charge on any atom is -0.493 e. The summed E-state index contributed by atoms with van der Waals surface area (Å²) in [7, 11) is 3.46. The quantitative estimate of drug-likeness (QED) is 0.540. The Morgan fingerprint density at radius 2 is 2.11 bits per heavy atom. The van der Waals surface area contributed by atoms with Gasteiger partial charge in [-0.2, -0.15) is 5.10 Å². The zero-order valence-corrected chi connectivity index (χ0v) is 17.1. The lowest BCUT2D eigenvalue weighted by atomic mass is 10.1. The Labute approximate surface area is 167 Å². The van der Waals surface area contributed by atoms with Crippen LogP contribution >= 0.6 is 0 Å². The summed E-state index contributed by atoms with van der Waals surface area (Å²) in [4.78, 5) is 4.31. The Hall–Kier alpha value is -2.70. The molecule has 0 atom stereocenters. The topological polar surface area (TPSA) is 72.7 Å². The average molecular weight is 386 g/mol. The number of hydrogen-bond donors (Lipinski definition) is 2. The van der Waals surface area contributed by atoms with Crippen LogP contribution in [0, 0.1) is 6.92 Å². The molecule has 1 saturated carbocycles. The van der Waals surface area contributed by atoms with Gasteiger partial charge in [0.1, 0.15) is 0 Å². The fraction of sp³-hybridized carbons (Fsp3) is 0.524. The summed E-state index contributed by atoms with van der Waals surface area (Å²) in [5.74, 6) is 2.37. The molecular weight excluding hydrogens is 354 g/mol. The van der Waals surface area contributed by atoms with Crippen molar-refractivity contribution >= 4 is 5.96 Å². The number of nitrogens with one attached hydrogen (secondary N) is 2. The van der Waals surface area contributed by atoms with E-state index in [1.54, 1.807) is 14.2 Å². The fourth-order valence-corrected chi connectivity index (χ4v) is 3.45. The van der Waals surface area contributed by atoms with Gasteiger partial charge >= 0.3 is 0 Å². The molecule has 152 valence electrons. The van der Waals surface area contributed by atoms with Gasteiger partial charge in [0.05, 0.1) is 26.0 Å². The summed E-state index contributed by atoms with van der Waals surface area (Å²) >= 11 is 0. The van der Waals surface area contributed by atoms with Crippen molar-refractivity contribution in [2.75, 3.05) is 20.7 Å². The average Bonchev–Trinajstić information content (AvgIpc) is 3.37. The molecule has 2 N–H and O–H groups in total. The molecule has 1 aromatic heterocycles. The first-order chi connectivity index (χ1) is 13.7. The Bertz CT molecular complexity index is 781. The number of aryl methyl sites for hydroxylation is 1. The molecular formula is C21H31N5O2. The molecule has 1 aliphatic rings. The summed E-state index contributed by atoms with van der Waals surface area (Å²) in [5, 5.41) is 11.0. The standard InChI is InChI=1S/C21H31N5O2/c1-16-13-25-26(15-16)12-11-23-21(22-2)24-14-17-7-6-10-19(27-3)20(17)28-18-8-4-5-9-18/h6-7,10,13,15,18H,4-5,8-9,11-12,14H2,1-3H3,(H2,22,23,24). The van der Waals surface area contributed by atoms with E-state index in [-0.39, 0.29) is 6.10 Å². The number of hydrogen-bond acceptors (Lipinski definition) is 4. The zero-order chi connectivity index (χ0) is 19.8. The zero-order valence-electron chi connectivity index (χ0n) is 17.1. The van der Waals surface area contributed by atoms with Gasteiger partial charge in [-0.1, -0.05) is 12.1 Å². The molecule has 28 heavy (non-hydrogen) atoms. The minimum atomic E-state index is 0.282. The highest BCUT2D eigenvalue weighted by molar-refractivity contribution is 5.79. The van der Waals surface area contributed by atoms with Crippen LogP contribution in [0.3, 0.4) is 0 Å². The highest BCUT2D eigenvalue weighted by Gasteiger charge is 2.20. The lowest BCUT2D eigenvalue weighted by Crippen LogP contribution is -2.38. The van der Waals surface area contributed by atoms with Gasteiger partial charge in [-0.25, -0.2) is 0 Å². The Morgan fingerprint density at radius 1 is 1.29 bits per heavy atom. The van der Waals surface area contributed by atoms with Gasteiger partial charge in [-0.05, 0) is 44.2 Å². The molecule has 0 bridgehead atoms. The van der Waals surface area contributed by atoms with E-state index in [1.807, 2.05) is 36.1 Å². The van der Waals surface area contributed by atoms with Crippen molar-refractivity contribution in [3.63, 3.8) is 0 Å². The Balaban J connectivity index is 1.57. The molecule has 1 aliphatic carbocycles. The largest absolute Gasteiger partial charge is 0.493 e. The van der Waals surface area contributed by atoms with Crippen molar-refractivity contribution in [1.82, 2.24) is 20.4 Å². The van der Waals surface area contributed by atoms with Gasteiger partial charge in [0.15, 0.2) is 17.5 Å². The van der Waals surface area contributed by atoms with Crippen LogP contribution in [0.1, 0.15) is 36.8 Å². The first kappa shape index (κ1) is 20.0. The second-order valence-electron chi connectivity index (χ2n) is 7.11. The van der Waals surface area contributed by atoms with Gasteiger partial charge in [0.2, 0.25) is 0 Å². The summed E-state index contributed by atoms with van der Waals surface area (Å²) in [6.07, 6.45) is 8.87. The molecule has 7 nitrogen and oxygen atoms in total. The number of methoxy groups -OCH3 is 1. The van der Waals surface area contributed by atoms with Gasteiger partial charge in [-0.15, -0.1) is 0 Å². The van der Waals surface area contributed by atoms with Crippen molar-refractivity contribution in [1.29, 1.82) is 0 Å². The molecule has 7 heteroatoms. The van der Waals surface area contributed by atoms with E-state index in [0.29, 0.717) is 6.54 Å². The van der Waals surface area contributed by atoms with Crippen LogP contribution in [0.15, 0.2) is 35.6 Å². The van der Waals surface area contributed by atoms with Gasteiger partial charge < -0.3 is 20.1 Å². The Morgan fingerprint density at radius 3 is 2.79 bits per heavy atom. The van der Waals surface area contributed by atoms with Crippen LogP contribution < -0.4 is 20.1 Å². The number of aliphatic imine (C=N–C) groups is 1. The third kappa shape index (κ3) is 5.41. The van der Waals surface area contributed by atoms with Crippen LogP contribution in [0.5, 0.6) is 11.5 Å². The molecule has 0 spiro atoms. The maximum atomic E-state index is 6.30. The highest BCUT2D eigenvalue weighted by atomic mass is 16.5. The van der Waals surface area contributed by atoms with Crippen LogP contribution in [-0.4, -0.2) is 42.5 Å². The number of ether oxygens (including phenoxy) is 2. The molecule has 1 fully saturated rings. The molecule has 2 aromatic rings. The number of nitrogens with zero attached hydrogens (tertiary/aromatic N) is 3. The maximum absolute atomic E-state index is 6.30. The van der Waals surface area contributed by atoms with Crippen LogP contribution in [-0.2, 0) is 13.1 Å². The summed E-state index contributed by atoms with van der Waals surface area (Å²) < 4.78 is 13.8. The predicted octanol–water partition coefficient (Wildman–Crippen LogP) is 2.89. The molecule has 0 amide bonds. The van der Waals surface area contributed by atoms with E-state index in [0.717, 1.165) is 54.5 Å². The van der Waals surface area contributed by atoms with E-state index < -0.39 is 0 Å². The number of aromatic nitrogens is 2. The van der Waals surface area contributed by atoms with Crippen molar-refractivity contribution in [3.8, 4) is 11.5 Å². The second-order valence-corrected chi connectivity index (χ2v) is 7.11. The van der Waals surface area contributed by atoms with Gasteiger partial charge in [-0.3, -0.25) is 9.67 Å². The second kappa shape index (κ2) is 10.0. The van der Waals surface area contributed by atoms with Crippen molar-refractivity contribution in [3.05, 3.63) is 41.7 Å². The number of guanidine groups is 1. The third-order valence-corrected chi connectivity index (χ3v) is 4.93. The highest BCUT2D eigenvalue weighted by Crippen LogP contribution is 2.34. The maximum Gasteiger partial charge on any atom is 0.191 e. The molecule has 1 heterocycles. The third-order valence-electron chi connectivity index (χ3n) is 4.93. The van der Waals surface area contributed by atoms with Crippen LogP contribution in [0.25, 0.3) is 0 Å². The normalized spacial score (nSPS) is 14.9. The van der Waals surface area contributed by atoms with Crippen molar-refractivity contribution < 1.29 is 9.47 Å². The van der Waals surface area contributed by atoms with Gasteiger partial charge in [0, 0.05) is 31.9 Å². The van der Waals surface area contributed by atoms with E-state index in [1.165, 1.54) is 12.8 Å². The van der Waals surface area contributed by atoms with E-state index in [2.05, 4.69) is 26.8 Å². The lowest BCUT2D eigenvalue weighted by molar-refractivity contribution is 0.198. The van der Waals surface area contributed by atoms with Crippen LogP contribution in [0.4, 0.5) is 0 Å². The van der Waals surface area contributed by atoms with E-state index in [4.69, 9.17) is 9.47 Å². The number of para-hydroxylation sites is 1. The summed E-state index contributed by atoms with van der Waals surface area (Å²) in [5.41, 5.74) is 2.23. The van der Waals surface area contributed by atoms with Crippen LogP contribution in [0.2, 0.25) is 0 Å². The molecule has 3 rings (SSSR count). The summed E-state index contributed by atoms with van der Waals surface area (Å²) in [6, 6.07) is 6.01. The molecule has 0 saturated heterocycles. The molecule has 0 aliphatic heterocycles. The number of benzene rings is 1. The van der Waals surface area contributed by atoms with Crippen molar-refractivity contribution in [2.24, 2.45) is 4.99 Å². The molecule has 0 radical (unpaired) electrons. The first-order valence-electron chi connectivity index (χ1n) is 9.95. The first-order valence-corrected chi connectivity index (χ1v) is 9.95. The predicted molar refractivity (Wildman–Crippen MR) is 111 cm³/mol. The summed E-state index contributed by atoms with van der Waals surface area (Å²) in [6.45, 7) is 4.17. The SMILES string of the molecule is CN=C(NCCn1cc(C)cn1)NCc1cccc(OC)c1OC1CCCC1. The van der Waals surface area contributed by atoms with Gasteiger partial charge in [0.25, 0.3) is 0 Å². The molecule has 1 aromatic carbocycles. The minimum absolute atomic E-state index is 0.282. The smallest absolute Gasteiger partial charge is 0.191 e. The Kier molecular flexibility index (Phi) is 7.17. The fourth-order valence-electron chi connectivity index (χ4n) is 3.45. The van der Waals surface area contributed by atoms with E-state index in [9.17, 15) is 0 Å².